The lowest BCUT2D eigenvalue weighted by Crippen LogP contribution is -2.46. The van der Waals surface area contributed by atoms with Gasteiger partial charge in [0.2, 0.25) is 0 Å². The van der Waals surface area contributed by atoms with Crippen LogP contribution in [0.25, 0.3) is 0 Å². The molecule has 35 heavy (non-hydrogen) atoms. The summed E-state index contributed by atoms with van der Waals surface area (Å²) in [7, 11) is 0. The van der Waals surface area contributed by atoms with Gasteiger partial charge in [0.15, 0.2) is 6.61 Å². The Kier molecular flexibility index (Phi) is 7.14. The van der Waals surface area contributed by atoms with Crippen LogP contribution in [0.15, 0.2) is 75.0 Å². The smallest absolute Gasteiger partial charge is 0.329 e. The molecule has 1 unspecified atom stereocenters. The van der Waals surface area contributed by atoms with Crippen LogP contribution in [0.3, 0.4) is 0 Å². The SMILES string of the molecule is Cc1ccc(C(=O)N[C@H](C(=O)OCC(=O)N2N=C(c3ccco3)CC2c2ccco2)C(C)C)cc1. The van der Waals surface area contributed by atoms with Gasteiger partial charge in [-0.25, -0.2) is 9.80 Å². The van der Waals surface area contributed by atoms with E-state index in [1.54, 1.807) is 50.2 Å². The molecule has 0 saturated carbocycles. The maximum Gasteiger partial charge on any atom is 0.329 e. The van der Waals surface area contributed by atoms with Gasteiger partial charge in [0.05, 0.1) is 12.5 Å². The Balaban J connectivity index is 1.42. The highest BCUT2D eigenvalue weighted by Gasteiger charge is 2.36. The van der Waals surface area contributed by atoms with Gasteiger partial charge in [-0.05, 0) is 49.2 Å². The number of carbonyl (C=O) groups is 3. The summed E-state index contributed by atoms with van der Waals surface area (Å²) in [5.41, 5.74) is 2.04. The van der Waals surface area contributed by atoms with E-state index in [-0.39, 0.29) is 5.92 Å². The summed E-state index contributed by atoms with van der Waals surface area (Å²) in [6.07, 6.45) is 3.44. The molecule has 1 aromatic carbocycles. The maximum absolute atomic E-state index is 13.0. The normalized spacial score (nSPS) is 16.2. The van der Waals surface area contributed by atoms with Crippen molar-refractivity contribution in [1.29, 1.82) is 0 Å². The third-order valence-electron chi connectivity index (χ3n) is 5.70. The largest absolute Gasteiger partial charge is 0.467 e. The molecule has 0 fully saturated rings. The van der Waals surface area contributed by atoms with Crippen LogP contribution < -0.4 is 5.32 Å². The molecular weight excluding hydrogens is 450 g/mol. The first-order valence-electron chi connectivity index (χ1n) is 11.3. The predicted molar refractivity (Wildman–Crippen MR) is 126 cm³/mol. The van der Waals surface area contributed by atoms with E-state index in [1.165, 1.54) is 17.5 Å². The van der Waals surface area contributed by atoms with Crippen LogP contribution in [0.2, 0.25) is 0 Å². The van der Waals surface area contributed by atoms with Crippen LogP contribution in [-0.2, 0) is 14.3 Å². The van der Waals surface area contributed by atoms with Gasteiger partial charge in [-0.1, -0.05) is 31.5 Å². The van der Waals surface area contributed by atoms with Crippen molar-refractivity contribution in [3.8, 4) is 0 Å². The number of nitrogens with zero attached hydrogens (tertiary/aromatic N) is 2. The van der Waals surface area contributed by atoms with E-state index in [0.717, 1.165) is 5.56 Å². The number of rotatable bonds is 8. The molecule has 3 aromatic rings. The molecule has 2 atom stereocenters. The van der Waals surface area contributed by atoms with Crippen molar-refractivity contribution in [2.24, 2.45) is 11.0 Å². The summed E-state index contributed by atoms with van der Waals surface area (Å²) >= 11 is 0. The third-order valence-corrected chi connectivity index (χ3v) is 5.70. The second-order valence-corrected chi connectivity index (χ2v) is 8.67. The predicted octanol–water partition coefficient (Wildman–Crippen LogP) is 3.86. The Hall–Kier alpha value is -4.14. The Labute approximate surface area is 202 Å². The Morgan fingerprint density at radius 1 is 1.09 bits per heavy atom. The minimum Gasteiger partial charge on any atom is -0.467 e. The number of ether oxygens (including phenoxy) is 1. The van der Waals surface area contributed by atoms with Crippen LogP contribution in [0.5, 0.6) is 0 Å². The highest BCUT2D eigenvalue weighted by Crippen LogP contribution is 2.33. The minimum atomic E-state index is -0.918. The second-order valence-electron chi connectivity index (χ2n) is 8.67. The zero-order chi connectivity index (χ0) is 24.9. The Morgan fingerprint density at radius 3 is 2.43 bits per heavy atom. The number of amides is 2. The lowest BCUT2D eigenvalue weighted by molar-refractivity contribution is -0.155. The maximum atomic E-state index is 13.0. The fraction of sp³-hybridized carbons (Fsp3) is 0.308. The summed E-state index contributed by atoms with van der Waals surface area (Å²) in [6.45, 7) is 4.97. The number of furan rings is 2. The minimum absolute atomic E-state index is 0.252. The highest BCUT2D eigenvalue weighted by molar-refractivity contribution is 6.01. The number of aryl methyl sites for hydroxylation is 1. The van der Waals surface area contributed by atoms with Crippen molar-refractivity contribution in [3.63, 3.8) is 0 Å². The summed E-state index contributed by atoms with van der Waals surface area (Å²) in [4.78, 5) is 38.4. The molecule has 9 nitrogen and oxygen atoms in total. The van der Waals surface area contributed by atoms with Crippen LogP contribution >= 0.6 is 0 Å². The summed E-state index contributed by atoms with van der Waals surface area (Å²) < 4.78 is 16.2. The molecule has 3 heterocycles. The first-order chi connectivity index (χ1) is 16.8. The zero-order valence-corrected chi connectivity index (χ0v) is 19.8. The molecule has 0 saturated heterocycles. The van der Waals surface area contributed by atoms with E-state index in [4.69, 9.17) is 13.6 Å². The van der Waals surface area contributed by atoms with Crippen molar-refractivity contribution >= 4 is 23.5 Å². The van der Waals surface area contributed by atoms with E-state index in [0.29, 0.717) is 29.2 Å². The summed E-state index contributed by atoms with van der Waals surface area (Å²) in [5, 5.41) is 8.36. The number of nitrogens with one attached hydrogen (secondary N) is 1. The van der Waals surface area contributed by atoms with Gasteiger partial charge < -0.3 is 18.9 Å². The molecule has 0 bridgehead atoms. The average molecular weight is 478 g/mol. The molecule has 0 aliphatic carbocycles. The summed E-state index contributed by atoms with van der Waals surface area (Å²) in [5.74, 6) is -0.755. The van der Waals surface area contributed by atoms with Gasteiger partial charge in [-0.3, -0.25) is 9.59 Å². The molecular formula is C26H27N3O6. The molecule has 0 spiro atoms. The number of hydrogen-bond acceptors (Lipinski definition) is 7. The van der Waals surface area contributed by atoms with Crippen molar-refractivity contribution < 1.29 is 28.0 Å². The highest BCUT2D eigenvalue weighted by atomic mass is 16.5. The molecule has 2 amide bonds. The van der Waals surface area contributed by atoms with Gasteiger partial charge in [0.25, 0.3) is 11.8 Å². The molecule has 4 rings (SSSR count). The zero-order valence-electron chi connectivity index (χ0n) is 19.8. The molecule has 1 aliphatic heterocycles. The monoisotopic (exact) mass is 477 g/mol. The molecule has 0 radical (unpaired) electrons. The second kappa shape index (κ2) is 10.4. The van der Waals surface area contributed by atoms with Crippen LogP contribution in [0.4, 0.5) is 0 Å². The Morgan fingerprint density at radius 2 is 1.80 bits per heavy atom. The standard InChI is InChI=1S/C26H27N3O6/c1-16(2)24(27-25(31)18-10-8-17(3)9-11-18)26(32)35-15-23(30)29-20(22-7-5-13-34-22)14-19(28-29)21-6-4-12-33-21/h4-13,16,20,24H,14-15H2,1-3H3,(H,27,31)/t20?,24-/m0/s1. The number of hydrogen-bond donors (Lipinski definition) is 1. The molecule has 1 N–H and O–H groups in total. The van der Waals surface area contributed by atoms with E-state index in [9.17, 15) is 14.4 Å². The third kappa shape index (κ3) is 5.51. The molecule has 182 valence electrons. The van der Waals surface area contributed by atoms with E-state index >= 15 is 0 Å². The number of carbonyl (C=O) groups excluding carboxylic acids is 3. The van der Waals surface area contributed by atoms with Crippen LogP contribution in [0.1, 0.15) is 53.8 Å². The molecule has 9 heteroatoms. The fourth-order valence-electron chi connectivity index (χ4n) is 3.75. The Bertz CT molecular complexity index is 1200. The van der Waals surface area contributed by atoms with E-state index < -0.39 is 36.5 Å². The molecule has 2 aromatic heterocycles. The number of esters is 1. The van der Waals surface area contributed by atoms with Crippen molar-refractivity contribution in [1.82, 2.24) is 10.3 Å². The first-order valence-corrected chi connectivity index (χ1v) is 11.3. The van der Waals surface area contributed by atoms with Crippen LogP contribution in [-0.4, -0.2) is 41.2 Å². The van der Waals surface area contributed by atoms with Gasteiger partial charge in [-0.2, -0.15) is 5.10 Å². The quantitative estimate of drug-likeness (QED) is 0.493. The van der Waals surface area contributed by atoms with Crippen molar-refractivity contribution in [3.05, 3.63) is 83.7 Å². The topological polar surface area (TPSA) is 114 Å². The van der Waals surface area contributed by atoms with Crippen LogP contribution in [0, 0.1) is 12.8 Å². The lowest BCUT2D eigenvalue weighted by atomic mass is 10.0. The van der Waals surface area contributed by atoms with Crippen molar-refractivity contribution in [2.75, 3.05) is 6.61 Å². The summed E-state index contributed by atoms with van der Waals surface area (Å²) in [6, 6.07) is 12.6. The number of hydrazone groups is 1. The van der Waals surface area contributed by atoms with Gasteiger partial charge in [0, 0.05) is 12.0 Å². The average Bonchev–Trinajstić information content (AvgIpc) is 3.61. The fourth-order valence-corrected chi connectivity index (χ4v) is 3.75. The first kappa shape index (κ1) is 24.0. The van der Waals surface area contributed by atoms with Gasteiger partial charge in [0.1, 0.15) is 29.3 Å². The number of benzene rings is 1. The molecule has 1 aliphatic rings. The lowest BCUT2D eigenvalue weighted by Gasteiger charge is -2.23. The van der Waals surface area contributed by atoms with Crippen molar-refractivity contribution in [2.45, 2.75) is 39.3 Å². The van der Waals surface area contributed by atoms with Gasteiger partial charge in [-0.15, -0.1) is 0 Å². The van der Waals surface area contributed by atoms with E-state index in [1.807, 2.05) is 19.1 Å². The van der Waals surface area contributed by atoms with Gasteiger partial charge >= 0.3 is 5.97 Å². The van der Waals surface area contributed by atoms with E-state index in [2.05, 4.69) is 10.4 Å².